The molecule has 21 heteroatoms. The fourth-order valence-corrected chi connectivity index (χ4v) is 6.03. The fraction of sp³-hybridized carbons (Fsp3) is 0.559. The number of nitrogens with zero attached hydrogens (tertiary/aromatic N) is 1. The van der Waals surface area contributed by atoms with Crippen LogP contribution in [0.1, 0.15) is 69.2 Å². The Hall–Kier alpha value is -5.51. The van der Waals surface area contributed by atoms with Crippen molar-refractivity contribution in [2.45, 2.75) is 110 Å². The second-order valence-corrected chi connectivity index (χ2v) is 12.4. The van der Waals surface area contributed by atoms with E-state index in [1.807, 2.05) is 0 Å². The van der Waals surface area contributed by atoms with Crippen LogP contribution in [0.3, 0.4) is 0 Å². The van der Waals surface area contributed by atoms with Crippen molar-refractivity contribution in [1.82, 2.24) is 10.4 Å². The Morgan fingerprint density at radius 3 is 1.44 bits per heavy atom. The van der Waals surface area contributed by atoms with Gasteiger partial charge in [-0.15, -0.1) is 5.06 Å². The topological polar surface area (TPSA) is 261 Å². The summed E-state index contributed by atoms with van der Waals surface area (Å²) in [6.07, 6.45) is -15.2. The Morgan fingerprint density at radius 2 is 1.00 bits per heavy atom. The van der Waals surface area contributed by atoms with Crippen LogP contribution >= 0.6 is 0 Å². The third kappa shape index (κ3) is 10.6. The van der Waals surface area contributed by atoms with Gasteiger partial charge in [-0.1, -0.05) is 12.1 Å². The van der Waals surface area contributed by atoms with Crippen molar-refractivity contribution >= 4 is 53.5 Å². The summed E-state index contributed by atoms with van der Waals surface area (Å²) in [5.74, 6) is -7.90. The van der Waals surface area contributed by atoms with E-state index >= 15 is 0 Å². The van der Waals surface area contributed by atoms with E-state index in [2.05, 4.69) is 5.32 Å². The number of esters is 6. The lowest BCUT2D eigenvalue weighted by molar-refractivity contribution is -0.358. The number of hydrogen-bond donors (Lipinski definition) is 1. The molecule has 0 aromatic heterocycles. The summed E-state index contributed by atoms with van der Waals surface area (Å²) in [5.41, 5.74) is -0.0297. The molecule has 0 spiro atoms. The van der Waals surface area contributed by atoms with Gasteiger partial charge in [-0.05, 0) is 12.1 Å². The Morgan fingerprint density at radius 1 is 0.582 bits per heavy atom. The number of ether oxygens (including phenoxy) is 9. The zero-order valence-electron chi connectivity index (χ0n) is 30.7. The number of hydrogen-bond acceptors (Lipinski definition) is 19. The number of benzene rings is 1. The summed E-state index contributed by atoms with van der Waals surface area (Å²) in [6, 6.07) is 4.14. The molecule has 0 saturated carbocycles. The average molecular weight is 781 g/mol. The van der Waals surface area contributed by atoms with E-state index in [-0.39, 0.29) is 11.1 Å². The highest BCUT2D eigenvalue weighted by Gasteiger charge is 2.58. The van der Waals surface area contributed by atoms with Crippen molar-refractivity contribution in [2.24, 2.45) is 0 Å². The zero-order chi connectivity index (χ0) is 40.7. The van der Waals surface area contributed by atoms with Gasteiger partial charge >= 0.3 is 35.8 Å². The average Bonchev–Trinajstić information content (AvgIpc) is 3.31. The number of carbonyl (C=O) groups excluding carboxylic acids is 9. The lowest BCUT2D eigenvalue weighted by Gasteiger charge is -2.49. The van der Waals surface area contributed by atoms with Gasteiger partial charge in [0, 0.05) is 48.5 Å². The molecule has 55 heavy (non-hydrogen) atoms. The smallest absolute Gasteiger partial charge is 0.303 e. The number of nitrogens with one attached hydrogen (secondary N) is 1. The number of fused-ring (bicyclic) bond motifs is 1. The van der Waals surface area contributed by atoms with E-state index in [4.69, 9.17) is 47.5 Å². The van der Waals surface area contributed by atoms with Crippen LogP contribution in [0.4, 0.5) is 0 Å². The summed E-state index contributed by atoms with van der Waals surface area (Å²) in [7, 11) is 0. The van der Waals surface area contributed by atoms with Crippen LogP contribution in [-0.4, -0.2) is 133 Å². The highest BCUT2D eigenvalue weighted by Crippen LogP contribution is 2.36. The van der Waals surface area contributed by atoms with Gasteiger partial charge in [-0.3, -0.25) is 43.2 Å². The standard InChI is InChI=1S/C34H40N2O19/c1-14(37)35-25-28(54-34-30(51-20(7)43)29(50-19(6)42)27(49-18(5)41)24(53-34)13-47-16(3)39)26(48-17(4)40)23(12-46-15(2)38)52-33(25)55-36-31(44)21-10-8-9-11-22(21)32(36)45/h8-11,23-30,33-34H,12-13H2,1-7H3,(H,35,37)/t23-,24-,25-,26+,27+,28-,29+,30-,33-,34+/m1/s1. The lowest BCUT2D eigenvalue weighted by Crippen LogP contribution is -2.70. The minimum absolute atomic E-state index is 0.0149. The SMILES string of the molecule is CC(=O)N[C@H]1[C@@H](ON2C(=O)c3ccccc3C2=O)O[C@H](COC(C)=O)[C@H](OC(C)=O)[C@@H]1O[C@@H]1O[C@H](COC(C)=O)[C@H](OC(C)=O)[C@H](OC(C)=O)[C@H]1OC(C)=O. The Balaban J connectivity index is 1.85. The molecule has 2 fully saturated rings. The second-order valence-electron chi connectivity index (χ2n) is 12.4. The van der Waals surface area contributed by atoms with Crippen LogP contribution in [0.5, 0.6) is 0 Å². The molecule has 0 radical (unpaired) electrons. The maximum Gasteiger partial charge on any atom is 0.303 e. The van der Waals surface area contributed by atoms with Crippen molar-refractivity contribution in [2.75, 3.05) is 13.2 Å². The predicted molar refractivity (Wildman–Crippen MR) is 173 cm³/mol. The monoisotopic (exact) mass is 780 g/mol. The van der Waals surface area contributed by atoms with Crippen LogP contribution in [0, 0.1) is 0 Å². The molecule has 3 aliphatic heterocycles. The lowest BCUT2D eigenvalue weighted by atomic mass is 9.94. The minimum Gasteiger partial charge on any atom is -0.463 e. The zero-order valence-corrected chi connectivity index (χ0v) is 30.7. The van der Waals surface area contributed by atoms with E-state index in [0.717, 1.165) is 48.5 Å². The first-order valence-electron chi connectivity index (χ1n) is 16.7. The minimum atomic E-state index is -1.91. The molecule has 10 atom stereocenters. The molecule has 0 unspecified atom stereocenters. The van der Waals surface area contributed by atoms with E-state index in [1.165, 1.54) is 24.3 Å². The number of imide groups is 1. The van der Waals surface area contributed by atoms with Gasteiger partial charge in [0.1, 0.15) is 37.6 Å². The molecule has 3 heterocycles. The first-order chi connectivity index (χ1) is 25.9. The van der Waals surface area contributed by atoms with Gasteiger partial charge in [-0.25, -0.2) is 4.84 Å². The molecule has 1 N–H and O–H groups in total. The van der Waals surface area contributed by atoms with Crippen LogP contribution in [-0.2, 0) is 81.0 Å². The van der Waals surface area contributed by atoms with E-state index in [0.29, 0.717) is 5.06 Å². The van der Waals surface area contributed by atoms with Crippen LogP contribution < -0.4 is 5.32 Å². The molecule has 2 saturated heterocycles. The predicted octanol–water partition coefficient (Wildman–Crippen LogP) is -0.593. The van der Waals surface area contributed by atoms with E-state index in [1.54, 1.807) is 0 Å². The Kier molecular flexibility index (Phi) is 14.0. The van der Waals surface area contributed by atoms with Crippen LogP contribution in [0.25, 0.3) is 0 Å². The van der Waals surface area contributed by atoms with E-state index in [9.17, 15) is 43.2 Å². The molecule has 3 aliphatic rings. The molecule has 21 nitrogen and oxygen atoms in total. The molecule has 0 bridgehead atoms. The summed E-state index contributed by atoms with van der Waals surface area (Å²) < 4.78 is 50.7. The quantitative estimate of drug-likeness (QED) is 0.149. The third-order valence-electron chi connectivity index (χ3n) is 7.97. The van der Waals surface area contributed by atoms with Gasteiger partial charge in [0.15, 0.2) is 30.7 Å². The normalized spacial score (nSPS) is 28.6. The van der Waals surface area contributed by atoms with Gasteiger partial charge in [0.05, 0.1) is 11.1 Å². The molecule has 1 aromatic rings. The van der Waals surface area contributed by atoms with Crippen molar-refractivity contribution in [3.8, 4) is 0 Å². The molecule has 0 aliphatic carbocycles. The molecular formula is C34H40N2O19. The first kappa shape index (κ1) is 42.2. The molecule has 300 valence electrons. The first-order valence-corrected chi connectivity index (χ1v) is 16.7. The number of amides is 3. The Bertz CT molecular complexity index is 1660. The van der Waals surface area contributed by atoms with Crippen molar-refractivity contribution in [3.05, 3.63) is 35.4 Å². The summed E-state index contributed by atoms with van der Waals surface area (Å²) in [4.78, 5) is 119. The van der Waals surface area contributed by atoms with Gasteiger partial charge in [0.25, 0.3) is 11.8 Å². The summed E-state index contributed by atoms with van der Waals surface area (Å²) >= 11 is 0. The van der Waals surface area contributed by atoms with Crippen molar-refractivity contribution in [1.29, 1.82) is 0 Å². The number of carbonyl (C=O) groups is 9. The van der Waals surface area contributed by atoms with Gasteiger partial charge < -0.3 is 47.9 Å². The highest BCUT2D eigenvalue weighted by molar-refractivity contribution is 6.20. The van der Waals surface area contributed by atoms with Crippen LogP contribution in [0.2, 0.25) is 0 Å². The molecular weight excluding hydrogens is 740 g/mol. The third-order valence-corrected chi connectivity index (χ3v) is 7.97. The Labute approximate surface area is 312 Å². The van der Waals surface area contributed by atoms with Crippen LogP contribution in [0.15, 0.2) is 24.3 Å². The maximum atomic E-state index is 13.3. The molecule has 4 rings (SSSR count). The van der Waals surface area contributed by atoms with E-state index < -0.39 is 128 Å². The fourth-order valence-electron chi connectivity index (χ4n) is 6.03. The van der Waals surface area contributed by atoms with Crippen molar-refractivity contribution < 1.29 is 90.6 Å². The maximum absolute atomic E-state index is 13.3. The molecule has 3 amide bonds. The molecule has 1 aromatic carbocycles. The second kappa shape index (κ2) is 18.2. The van der Waals surface area contributed by atoms with Gasteiger partial charge in [0.2, 0.25) is 12.2 Å². The van der Waals surface area contributed by atoms with Crippen molar-refractivity contribution in [3.63, 3.8) is 0 Å². The number of rotatable bonds is 13. The summed E-state index contributed by atoms with van der Waals surface area (Å²) in [5, 5.41) is 2.90. The summed E-state index contributed by atoms with van der Waals surface area (Å²) in [6.45, 7) is 5.98. The number of hydroxylamine groups is 2. The highest BCUT2D eigenvalue weighted by atomic mass is 16.8. The largest absolute Gasteiger partial charge is 0.463 e. The van der Waals surface area contributed by atoms with Gasteiger partial charge in [-0.2, -0.15) is 0 Å².